The van der Waals surface area contributed by atoms with Gasteiger partial charge >= 0.3 is 0 Å². The largest absolute Gasteiger partial charge is 0.336 e. The lowest BCUT2D eigenvalue weighted by atomic mass is 10.2. The minimum atomic E-state index is -0.339. The Morgan fingerprint density at radius 3 is 3.00 bits per heavy atom. The molecule has 0 spiro atoms. The number of carbonyl (C=O) groups excluding carboxylic acids is 1. The van der Waals surface area contributed by atoms with Crippen LogP contribution in [0.25, 0.3) is 11.1 Å². The fourth-order valence-corrected chi connectivity index (χ4v) is 1.64. The Kier molecular flexibility index (Phi) is 2.48. The van der Waals surface area contributed by atoms with Crippen LogP contribution in [0.2, 0.25) is 0 Å². The number of hydrogen-bond donors (Lipinski definition) is 2. The Balaban J connectivity index is 1.90. The number of aromatic nitrogens is 5. The van der Waals surface area contributed by atoms with Crippen molar-refractivity contribution in [1.82, 2.24) is 25.3 Å². The summed E-state index contributed by atoms with van der Waals surface area (Å²) in [6.07, 6.45) is 1.42. The summed E-state index contributed by atoms with van der Waals surface area (Å²) in [5.41, 5.74) is 1.48. The predicted octanol–water partition coefficient (Wildman–Crippen LogP) is 1.21. The topological polar surface area (TPSA) is 110 Å². The summed E-state index contributed by atoms with van der Waals surface area (Å²) in [5.74, 6) is 0.511. The SMILES string of the molecule is Cc1nc(NC(=O)c2cnc3onc(C)c3c2)n[nH]1. The van der Waals surface area contributed by atoms with E-state index in [9.17, 15) is 4.79 Å². The fourth-order valence-electron chi connectivity index (χ4n) is 1.64. The van der Waals surface area contributed by atoms with Crippen LogP contribution in [0.5, 0.6) is 0 Å². The molecule has 3 aromatic heterocycles. The normalized spacial score (nSPS) is 10.8. The highest BCUT2D eigenvalue weighted by Gasteiger charge is 2.13. The molecular formula is C11H10N6O2. The Bertz CT molecular complexity index is 759. The summed E-state index contributed by atoms with van der Waals surface area (Å²) in [4.78, 5) is 20.0. The number of aromatic amines is 1. The summed E-state index contributed by atoms with van der Waals surface area (Å²) in [7, 11) is 0. The van der Waals surface area contributed by atoms with Gasteiger partial charge in [0.15, 0.2) is 0 Å². The molecular weight excluding hydrogens is 248 g/mol. The van der Waals surface area contributed by atoms with E-state index < -0.39 is 0 Å². The smallest absolute Gasteiger partial charge is 0.259 e. The van der Waals surface area contributed by atoms with Crippen molar-refractivity contribution in [2.24, 2.45) is 0 Å². The number of pyridine rings is 1. The van der Waals surface area contributed by atoms with E-state index in [1.165, 1.54) is 6.20 Å². The number of anilines is 1. The van der Waals surface area contributed by atoms with Crippen molar-refractivity contribution in [2.45, 2.75) is 13.8 Å². The van der Waals surface area contributed by atoms with Crippen molar-refractivity contribution >= 4 is 23.0 Å². The van der Waals surface area contributed by atoms with Gasteiger partial charge in [0, 0.05) is 6.20 Å². The van der Waals surface area contributed by atoms with Crippen molar-refractivity contribution in [3.05, 3.63) is 29.3 Å². The van der Waals surface area contributed by atoms with E-state index in [1.807, 2.05) is 0 Å². The summed E-state index contributed by atoms with van der Waals surface area (Å²) >= 11 is 0. The van der Waals surface area contributed by atoms with Gasteiger partial charge in [0.05, 0.1) is 16.6 Å². The van der Waals surface area contributed by atoms with Gasteiger partial charge in [-0.25, -0.2) is 4.98 Å². The highest BCUT2D eigenvalue weighted by atomic mass is 16.5. The van der Waals surface area contributed by atoms with E-state index in [-0.39, 0.29) is 11.9 Å². The van der Waals surface area contributed by atoms with E-state index in [4.69, 9.17) is 4.52 Å². The van der Waals surface area contributed by atoms with Crippen molar-refractivity contribution in [2.75, 3.05) is 5.32 Å². The molecule has 8 heteroatoms. The maximum Gasteiger partial charge on any atom is 0.259 e. The molecule has 1 amide bonds. The second-order valence-corrected chi connectivity index (χ2v) is 4.04. The van der Waals surface area contributed by atoms with Gasteiger partial charge in [0.25, 0.3) is 11.6 Å². The van der Waals surface area contributed by atoms with Gasteiger partial charge in [-0.3, -0.25) is 15.2 Å². The zero-order valence-corrected chi connectivity index (χ0v) is 10.3. The zero-order chi connectivity index (χ0) is 13.4. The first kappa shape index (κ1) is 11.3. The molecule has 0 radical (unpaired) electrons. The third-order valence-corrected chi connectivity index (χ3v) is 2.59. The molecule has 0 atom stereocenters. The summed E-state index contributed by atoms with van der Waals surface area (Å²) in [6, 6.07) is 1.67. The molecule has 0 aliphatic rings. The maximum absolute atomic E-state index is 12.0. The molecule has 0 aliphatic heterocycles. The maximum atomic E-state index is 12.0. The molecule has 0 aliphatic carbocycles. The molecule has 0 aromatic carbocycles. The Morgan fingerprint density at radius 1 is 1.42 bits per heavy atom. The summed E-state index contributed by atoms with van der Waals surface area (Å²) in [6.45, 7) is 3.53. The number of carbonyl (C=O) groups is 1. The molecule has 0 fully saturated rings. The molecule has 3 heterocycles. The molecule has 0 saturated carbocycles. The van der Waals surface area contributed by atoms with Gasteiger partial charge in [-0.15, -0.1) is 5.10 Å². The van der Waals surface area contributed by atoms with Crippen LogP contribution in [0.3, 0.4) is 0 Å². The van der Waals surface area contributed by atoms with E-state index in [0.29, 0.717) is 28.2 Å². The first-order chi connectivity index (χ1) is 9.13. The minimum Gasteiger partial charge on any atom is -0.336 e. The third kappa shape index (κ3) is 2.03. The van der Waals surface area contributed by atoms with Crippen LogP contribution in [0, 0.1) is 13.8 Å². The quantitative estimate of drug-likeness (QED) is 0.714. The van der Waals surface area contributed by atoms with Crippen LogP contribution in [-0.2, 0) is 0 Å². The lowest BCUT2D eigenvalue weighted by Gasteiger charge is -2.00. The van der Waals surface area contributed by atoms with Crippen molar-refractivity contribution in [3.63, 3.8) is 0 Å². The monoisotopic (exact) mass is 258 g/mol. The van der Waals surface area contributed by atoms with Gasteiger partial charge in [-0.2, -0.15) is 4.98 Å². The molecule has 8 nitrogen and oxygen atoms in total. The van der Waals surface area contributed by atoms with Crippen LogP contribution in [-0.4, -0.2) is 31.2 Å². The molecule has 0 bridgehead atoms. The Hall–Kier alpha value is -2.77. The number of amides is 1. The Labute approximate surface area is 107 Å². The number of aryl methyl sites for hydroxylation is 2. The Morgan fingerprint density at radius 2 is 2.26 bits per heavy atom. The van der Waals surface area contributed by atoms with Crippen LogP contribution in [0.1, 0.15) is 21.9 Å². The number of hydrogen-bond acceptors (Lipinski definition) is 6. The number of H-pyrrole nitrogens is 1. The molecule has 96 valence electrons. The van der Waals surface area contributed by atoms with Gasteiger partial charge < -0.3 is 4.52 Å². The number of rotatable bonds is 2. The van der Waals surface area contributed by atoms with Crippen molar-refractivity contribution in [3.8, 4) is 0 Å². The standard InChI is InChI=1S/C11H10N6O2/c1-5-8-3-7(4-12-10(8)19-17-5)9(18)14-11-13-6(2)15-16-11/h3-4H,1-2H3,(H2,13,14,15,16,18). The van der Waals surface area contributed by atoms with Crippen LogP contribution in [0.15, 0.2) is 16.8 Å². The van der Waals surface area contributed by atoms with Crippen molar-refractivity contribution in [1.29, 1.82) is 0 Å². The molecule has 19 heavy (non-hydrogen) atoms. The molecule has 3 aromatic rings. The first-order valence-electron chi connectivity index (χ1n) is 5.56. The third-order valence-electron chi connectivity index (χ3n) is 2.59. The van der Waals surface area contributed by atoms with Crippen LogP contribution in [0.4, 0.5) is 5.95 Å². The molecule has 0 unspecified atom stereocenters. The van der Waals surface area contributed by atoms with Crippen LogP contribution < -0.4 is 5.32 Å². The lowest BCUT2D eigenvalue weighted by molar-refractivity contribution is 0.102. The molecule has 2 N–H and O–H groups in total. The summed E-state index contributed by atoms with van der Waals surface area (Å²) in [5, 5.41) is 13.5. The average molecular weight is 258 g/mol. The highest BCUT2D eigenvalue weighted by molar-refractivity contribution is 6.04. The number of nitrogens with one attached hydrogen (secondary N) is 2. The van der Waals surface area contributed by atoms with E-state index >= 15 is 0 Å². The predicted molar refractivity (Wildman–Crippen MR) is 65.6 cm³/mol. The minimum absolute atomic E-state index is 0.227. The van der Waals surface area contributed by atoms with Gasteiger partial charge in [-0.05, 0) is 19.9 Å². The highest BCUT2D eigenvalue weighted by Crippen LogP contribution is 2.17. The lowest BCUT2D eigenvalue weighted by Crippen LogP contribution is -2.13. The van der Waals surface area contributed by atoms with E-state index in [1.54, 1.807) is 19.9 Å². The van der Waals surface area contributed by atoms with E-state index in [0.717, 1.165) is 0 Å². The zero-order valence-electron chi connectivity index (χ0n) is 10.3. The average Bonchev–Trinajstić information content (AvgIpc) is 2.96. The second-order valence-electron chi connectivity index (χ2n) is 4.04. The molecule has 0 saturated heterocycles. The second kappa shape index (κ2) is 4.16. The summed E-state index contributed by atoms with van der Waals surface area (Å²) < 4.78 is 4.98. The van der Waals surface area contributed by atoms with Gasteiger partial charge in [-0.1, -0.05) is 5.16 Å². The van der Waals surface area contributed by atoms with Gasteiger partial charge in [0.2, 0.25) is 5.95 Å². The van der Waals surface area contributed by atoms with E-state index in [2.05, 4.69) is 30.6 Å². The number of nitrogens with zero attached hydrogens (tertiary/aromatic N) is 4. The first-order valence-corrected chi connectivity index (χ1v) is 5.56. The van der Waals surface area contributed by atoms with Gasteiger partial charge in [0.1, 0.15) is 5.82 Å². The molecule has 3 rings (SSSR count). The van der Waals surface area contributed by atoms with Crippen molar-refractivity contribution < 1.29 is 9.32 Å². The number of fused-ring (bicyclic) bond motifs is 1. The fraction of sp³-hybridized carbons (Fsp3) is 0.182. The van der Waals surface area contributed by atoms with Crippen LogP contribution >= 0.6 is 0 Å².